The zero-order valence-corrected chi connectivity index (χ0v) is 85.2. The second-order valence-electron chi connectivity index (χ2n) is 41.0. The van der Waals surface area contributed by atoms with Gasteiger partial charge in [0.15, 0.2) is 0 Å². The minimum atomic E-state index is -0.449. The molecule has 0 unspecified atom stereocenters. The third-order valence-electron chi connectivity index (χ3n) is 31.8. The van der Waals surface area contributed by atoms with Crippen molar-refractivity contribution in [3.05, 3.63) is 235 Å². The maximum Gasteiger partial charge on any atom is 0.265 e. The normalized spacial score (nSPS) is 15.0. The summed E-state index contributed by atoms with van der Waals surface area (Å²) in [4.78, 5) is 166. The molecule has 18 heteroatoms. The van der Waals surface area contributed by atoms with Crippen LogP contribution in [0.2, 0.25) is 0 Å². The number of nitrogens with zero attached hydrogens (tertiary/aromatic N) is 6. The lowest BCUT2D eigenvalue weighted by Gasteiger charge is -2.35. The molecule has 0 N–H and O–H groups in total. The number of carbonyl (C=O) groups is 10. The largest absolute Gasteiger partial charge is 0.306 e. The van der Waals surface area contributed by atoms with E-state index in [1.807, 2.05) is 180 Å². The van der Waals surface area contributed by atoms with E-state index in [2.05, 4.69) is 41.5 Å². The Kier molecular flexibility index (Phi) is 29.2. The quantitative estimate of drug-likeness (QED) is 0.0153. The van der Waals surface area contributed by atoms with Gasteiger partial charge in [0.25, 0.3) is 59.1 Å². The fourth-order valence-corrected chi connectivity index (χ4v) is 26.5. The number of unbranched alkanes of at least 4 members (excludes halogenated alkanes) is 30. The van der Waals surface area contributed by atoms with Crippen molar-refractivity contribution in [2.75, 3.05) is 22.9 Å². The molecule has 10 amide bonds. The number of hydrogen-bond acceptors (Lipinski definition) is 12. The van der Waals surface area contributed by atoms with Crippen LogP contribution in [0.5, 0.6) is 0 Å². The van der Waals surface area contributed by atoms with Crippen molar-refractivity contribution in [2.45, 2.75) is 310 Å². The van der Waals surface area contributed by atoms with Gasteiger partial charge < -0.3 is 9.80 Å². The molecule has 8 heterocycles. The zero-order chi connectivity index (χ0) is 98.1. The van der Waals surface area contributed by atoms with Crippen LogP contribution in [0.25, 0.3) is 118 Å². The van der Waals surface area contributed by atoms with Gasteiger partial charge in [0.05, 0.1) is 43.7 Å². The van der Waals surface area contributed by atoms with E-state index in [0.29, 0.717) is 113 Å². The summed E-state index contributed by atoms with van der Waals surface area (Å²) in [5.41, 5.74) is 8.19. The van der Waals surface area contributed by atoms with Crippen molar-refractivity contribution < 1.29 is 47.9 Å². The second kappa shape index (κ2) is 42.7. The van der Waals surface area contributed by atoms with Crippen LogP contribution in [-0.4, -0.2) is 104 Å². The van der Waals surface area contributed by atoms with E-state index in [1.54, 1.807) is 9.80 Å². The van der Waals surface area contributed by atoms with Crippen molar-refractivity contribution in [1.82, 2.24) is 19.6 Å². The van der Waals surface area contributed by atoms with Gasteiger partial charge in [0.2, 0.25) is 0 Å². The van der Waals surface area contributed by atoms with Crippen molar-refractivity contribution >= 4 is 191 Å². The Morgan fingerprint density at radius 2 is 0.415 bits per heavy atom. The summed E-state index contributed by atoms with van der Waals surface area (Å²) in [6, 6.07) is 53.3. The van der Waals surface area contributed by atoms with Crippen LogP contribution in [-0.2, 0) is 9.59 Å². The van der Waals surface area contributed by atoms with Gasteiger partial charge in [-0.05, 0) is 211 Å². The first kappa shape index (κ1) is 97.1. The van der Waals surface area contributed by atoms with Crippen molar-refractivity contribution in [3.63, 3.8) is 0 Å². The standard InChI is InChI=1S/C124H132N6O10S2/c1-7-13-19-25-27-29-35-41-75-125-113(101-73-71-99(141-101)77-47-51-81(52-48-77)129-119(135)95-67-59-87-83-55-63-91-107-92(64-56-84(103(83)107)88-60-68-96(120(129)136)109(95)105(87)88)116(132)127(115(91)131)79(43-37-31-21-15-9-3)44-38-32-22-16-10-4)111-112(123(125)139)114(126(124(111)140)76-42-36-30-28-26-20-14-8-2)102-74-72-100(142-102)78-49-53-82(54-50-78)130-121(137)97-69-61-89-85-57-65-93-108-94(66-58-86(104(85)108)90-62-70-98(122(130)138)110(97)106(89)90)118(134)128(117(93)133)80(45-39-33-23-17-11-5)46-40-34-24-18-12-6/h47-74,79-80H,7-46,75-76H2,1-6H3. The number of benzene rings is 12. The molecule has 0 saturated carbocycles. The minimum absolute atomic E-state index is 0.190. The smallest absolute Gasteiger partial charge is 0.265 e. The van der Waals surface area contributed by atoms with Gasteiger partial charge in [-0.15, -0.1) is 22.7 Å². The molecule has 6 aliphatic rings. The van der Waals surface area contributed by atoms with Crippen molar-refractivity contribution in [2.24, 2.45) is 0 Å². The number of carbonyl (C=O) groups excluding carboxylic acids is 10. The van der Waals surface area contributed by atoms with Crippen molar-refractivity contribution in [3.8, 4) is 20.9 Å². The van der Waals surface area contributed by atoms with Crippen molar-refractivity contribution in [1.29, 1.82) is 0 Å². The summed E-state index contributed by atoms with van der Waals surface area (Å²) in [6.45, 7) is 14.1. The molecule has 14 aromatic rings. The zero-order valence-electron chi connectivity index (χ0n) is 83.6. The van der Waals surface area contributed by atoms with E-state index in [1.165, 1.54) is 110 Å². The molecule has 12 aromatic carbocycles. The highest BCUT2D eigenvalue weighted by molar-refractivity contribution is 7.17. The Bertz CT molecular complexity index is 6670. The first-order valence-electron chi connectivity index (χ1n) is 54.0. The average Bonchev–Trinajstić information content (AvgIpc) is 1.17. The molecule has 0 fully saturated rings. The summed E-state index contributed by atoms with van der Waals surface area (Å²) >= 11 is 3.01. The maximum atomic E-state index is 16.0. The van der Waals surface area contributed by atoms with Gasteiger partial charge in [0.1, 0.15) is 0 Å². The lowest BCUT2D eigenvalue weighted by atomic mass is 9.82. The fraction of sp³-hybridized carbons (Fsp3) is 0.403. The second-order valence-corrected chi connectivity index (χ2v) is 43.2. The van der Waals surface area contributed by atoms with Crippen LogP contribution in [0, 0.1) is 0 Å². The van der Waals surface area contributed by atoms with Gasteiger partial charge in [0, 0.05) is 101 Å². The third kappa shape index (κ3) is 17.5. The third-order valence-corrected chi connectivity index (χ3v) is 34.1. The lowest BCUT2D eigenvalue weighted by molar-refractivity contribution is -0.124. The van der Waals surface area contributed by atoms with E-state index in [-0.39, 0.29) is 47.5 Å². The summed E-state index contributed by atoms with van der Waals surface area (Å²) in [7, 11) is 0. The van der Waals surface area contributed by atoms with E-state index in [4.69, 9.17) is 0 Å². The molecular weight excluding hydrogens is 1800 g/mol. The number of rotatable bonds is 50. The highest BCUT2D eigenvalue weighted by atomic mass is 32.1. The van der Waals surface area contributed by atoms with Gasteiger partial charge in [-0.3, -0.25) is 57.7 Å². The van der Waals surface area contributed by atoms with E-state index < -0.39 is 23.6 Å². The number of imide groups is 4. The van der Waals surface area contributed by atoms with E-state index in [9.17, 15) is 0 Å². The molecule has 20 rings (SSSR count). The molecule has 142 heavy (non-hydrogen) atoms. The molecule has 0 bridgehead atoms. The molecule has 730 valence electrons. The van der Waals surface area contributed by atoms with E-state index in [0.717, 1.165) is 275 Å². The van der Waals surface area contributed by atoms with Crippen LogP contribution in [0.4, 0.5) is 11.4 Å². The van der Waals surface area contributed by atoms with Gasteiger partial charge in [-0.2, -0.15) is 0 Å². The van der Waals surface area contributed by atoms with Crippen LogP contribution < -0.4 is 9.80 Å². The monoisotopic (exact) mass is 1930 g/mol. The Morgan fingerprint density at radius 3 is 0.655 bits per heavy atom. The molecule has 2 aromatic heterocycles. The predicted molar refractivity (Wildman–Crippen MR) is 582 cm³/mol. The number of anilines is 2. The Hall–Kier alpha value is -12.4. The highest BCUT2D eigenvalue weighted by Gasteiger charge is 2.51. The SMILES string of the molecule is CCCCCCCCCCN1C(=O)C2=C(c3ccc(-c4ccc(N5C(=O)c6ccc7c8ccc9c%10c(ccc(c%11ccc(c6c7%11)C5=O)c%108)C(=O)N(C(CCCCCCC)CCCCCCC)C9=O)cc4)s3)N(CCCCCCCCCC)C(=O)C2=C1c1ccc(-c2ccc(N3C(=O)c4ccc5c6ccc7c8c(ccc(c9ccc(c4c59)C3=O)c86)C(=O)N(C(CCCCCCC)CCCCCCC)C7=O)cc2)s1. The molecule has 0 radical (unpaired) electrons. The summed E-state index contributed by atoms with van der Waals surface area (Å²) in [5.74, 6) is -3.16. The number of hydrogen-bond donors (Lipinski definition) is 0. The Morgan fingerprint density at radius 1 is 0.204 bits per heavy atom. The fourth-order valence-electron chi connectivity index (χ4n) is 24.4. The molecule has 0 spiro atoms. The first-order valence-corrected chi connectivity index (χ1v) is 55.6. The summed E-state index contributed by atoms with van der Waals surface area (Å²) < 4.78 is 0. The van der Waals surface area contributed by atoms with Crippen LogP contribution in [0.1, 0.15) is 391 Å². The minimum Gasteiger partial charge on any atom is -0.306 e. The number of thiophene rings is 2. The predicted octanol–water partition coefficient (Wildman–Crippen LogP) is 32.3. The van der Waals surface area contributed by atoms with Crippen LogP contribution >= 0.6 is 22.7 Å². The summed E-state index contributed by atoms with van der Waals surface area (Å²) in [5, 5.41) is 12.4. The molecular formula is C124H132N6O10S2. The highest BCUT2D eigenvalue weighted by Crippen LogP contribution is 2.54. The van der Waals surface area contributed by atoms with Crippen LogP contribution in [0.15, 0.2) is 181 Å². The molecule has 6 aliphatic heterocycles. The molecule has 0 atom stereocenters. The number of amides is 10. The number of fused-ring (bicyclic) bond motifs is 5. The topological polar surface area (TPSA) is 190 Å². The Labute approximate surface area is 842 Å². The average molecular weight is 1930 g/mol. The Balaban J connectivity index is 0.580. The first-order chi connectivity index (χ1) is 69.5. The molecule has 16 nitrogen and oxygen atoms in total. The van der Waals surface area contributed by atoms with Gasteiger partial charge in [-0.25, -0.2) is 9.80 Å². The summed E-state index contributed by atoms with van der Waals surface area (Å²) in [6.07, 6.45) is 42.2. The molecule has 0 saturated heterocycles. The lowest BCUT2D eigenvalue weighted by Crippen LogP contribution is -2.47. The van der Waals surface area contributed by atoms with Gasteiger partial charge >= 0.3 is 0 Å². The molecule has 0 aliphatic carbocycles. The van der Waals surface area contributed by atoms with Gasteiger partial charge in [-0.1, -0.05) is 333 Å². The van der Waals surface area contributed by atoms with Crippen LogP contribution in [0.3, 0.4) is 0 Å². The van der Waals surface area contributed by atoms with E-state index >= 15 is 47.9 Å². The maximum absolute atomic E-state index is 16.0.